The number of ether oxygens (including phenoxy) is 2. The van der Waals surface area contributed by atoms with E-state index >= 15 is 0 Å². The number of aliphatic hydroxyl groups is 1. The molecule has 2 saturated heterocycles. The van der Waals surface area contributed by atoms with Crippen LogP contribution in [0.15, 0.2) is 31.8 Å². The maximum atomic E-state index is 11.3. The van der Waals surface area contributed by atoms with Gasteiger partial charge in [0.15, 0.2) is 5.13 Å². The van der Waals surface area contributed by atoms with Gasteiger partial charge in [0.2, 0.25) is 0 Å². The van der Waals surface area contributed by atoms with Gasteiger partial charge in [-0.3, -0.25) is 0 Å². The van der Waals surface area contributed by atoms with Gasteiger partial charge in [0.05, 0.1) is 64.9 Å². The quantitative estimate of drug-likeness (QED) is 0.0900. The van der Waals surface area contributed by atoms with Crippen molar-refractivity contribution < 1.29 is 38.1 Å². The van der Waals surface area contributed by atoms with Gasteiger partial charge < -0.3 is 43.5 Å². The molecule has 6 aliphatic carbocycles. The Kier molecular flexibility index (Phi) is 17.1. The topological polar surface area (TPSA) is 182 Å². The molecule has 5 aromatic rings. The van der Waals surface area contributed by atoms with Gasteiger partial charge >= 0.3 is 5.97 Å². The number of carbonyl (C=O) groups is 1. The summed E-state index contributed by atoms with van der Waals surface area (Å²) in [5.74, 6) is 7.62. The second kappa shape index (κ2) is 24.3. The standard InChI is InChI=1S/C27H33N3O4S.C19H30N2O2.C14H21NO2/c1-16-4-2-3-5-20(16)24-21(25(34-29-24)17-6-7-17)15-33-19-10-12-30(13-11-19)27-28-22-9-8-18(26(31)32)14-23(22)35-27;1-13-4-2-3-5-16(13)18-17(19(23-21-18)14-6-7-14)12-22-15-8-10-20-11-9-15;1-9-4-2-3-5-11(9)13-12(8-16)14(17-15-13)10-6-7-10/h8-9,14,16-17,19-20H,2-7,10-13,15H2,1H3,(H,31,32);13-16,20H,2-12H2,1H3;9-11,16H,2-8H2,1H3/t;;9-,11-/m..0/s1. The number of aliphatic hydroxyl groups excluding tert-OH is 1. The lowest BCUT2D eigenvalue weighted by Crippen LogP contribution is -2.37. The number of carboxylic acid groups (broad SMARTS) is 1. The van der Waals surface area contributed by atoms with Crippen LogP contribution in [0.25, 0.3) is 10.2 Å². The molecule has 13 rings (SSSR count). The van der Waals surface area contributed by atoms with Crippen LogP contribution in [0.4, 0.5) is 5.13 Å². The van der Waals surface area contributed by atoms with E-state index < -0.39 is 5.97 Å². The van der Waals surface area contributed by atoms with Gasteiger partial charge in [0.1, 0.15) is 17.3 Å². The van der Waals surface area contributed by atoms with Gasteiger partial charge in [0.25, 0.3) is 0 Å². The van der Waals surface area contributed by atoms with Gasteiger partial charge in [-0.25, -0.2) is 9.78 Å². The number of anilines is 1. The maximum absolute atomic E-state index is 11.3. The van der Waals surface area contributed by atoms with Gasteiger partial charge in [-0.2, -0.15) is 0 Å². The molecule has 8 fully saturated rings. The van der Waals surface area contributed by atoms with E-state index in [1.165, 1.54) is 138 Å². The molecule has 0 bridgehead atoms. The summed E-state index contributed by atoms with van der Waals surface area (Å²) < 4.78 is 30.9. The number of nitrogens with zero attached hydrogens (tertiary/aromatic N) is 5. The molecule has 15 heteroatoms. The molecular weight excluding hydrogens is 965 g/mol. The number of aromatic nitrogens is 4. The Morgan fingerprint density at radius 3 is 1.49 bits per heavy atom. The summed E-state index contributed by atoms with van der Waals surface area (Å²) in [5.41, 5.74) is 8.19. The first-order valence-corrected chi connectivity index (χ1v) is 30.4. The number of hydrogen-bond donors (Lipinski definition) is 3. The molecule has 0 radical (unpaired) electrons. The van der Waals surface area contributed by atoms with Crippen LogP contribution in [-0.2, 0) is 29.3 Å². The first-order valence-electron chi connectivity index (χ1n) is 29.6. The van der Waals surface area contributed by atoms with E-state index in [4.69, 9.17) is 28.0 Å². The highest BCUT2D eigenvalue weighted by molar-refractivity contribution is 7.22. The van der Waals surface area contributed by atoms with Crippen LogP contribution < -0.4 is 10.2 Å². The highest BCUT2D eigenvalue weighted by Crippen LogP contribution is 2.49. The van der Waals surface area contributed by atoms with Crippen molar-refractivity contribution in [3.63, 3.8) is 0 Å². The smallest absolute Gasteiger partial charge is 0.335 e. The first kappa shape index (κ1) is 52.9. The fraction of sp³-hybridized carbons (Fsp3) is 0.717. The van der Waals surface area contributed by atoms with Gasteiger partial charge in [-0.05, 0) is 133 Å². The molecule has 3 N–H and O–H groups in total. The zero-order chi connectivity index (χ0) is 51.4. The molecule has 8 aliphatic rings. The zero-order valence-corrected chi connectivity index (χ0v) is 45.9. The zero-order valence-electron chi connectivity index (χ0n) is 45.1. The number of nitrogens with one attached hydrogen (secondary N) is 1. The summed E-state index contributed by atoms with van der Waals surface area (Å²) in [5, 5.41) is 36.6. The molecule has 6 heterocycles. The lowest BCUT2D eigenvalue weighted by atomic mass is 9.77. The number of hydrogen-bond acceptors (Lipinski definition) is 14. The molecule has 408 valence electrons. The maximum Gasteiger partial charge on any atom is 0.335 e. The fourth-order valence-electron chi connectivity index (χ4n) is 13.3. The Hall–Kier alpha value is -4.15. The van der Waals surface area contributed by atoms with E-state index in [0.29, 0.717) is 72.2 Å². The minimum atomic E-state index is -0.904. The van der Waals surface area contributed by atoms with Crippen molar-refractivity contribution in [1.82, 2.24) is 25.8 Å². The molecule has 6 atom stereocenters. The Morgan fingerprint density at radius 2 is 1.05 bits per heavy atom. The first-order chi connectivity index (χ1) is 36.7. The molecule has 75 heavy (non-hydrogen) atoms. The highest BCUT2D eigenvalue weighted by atomic mass is 32.1. The Balaban J connectivity index is 0.000000129. The SMILES string of the molecule is CC1CCCCC1c1noc(C2CC2)c1COC1CCN(c2nc3ccc(C(=O)O)cc3s2)CC1.CC1CCCCC1c1noc(C2CC2)c1COC1CCNCC1.C[C@H]1CCCC[C@@H]1c1noc(C2CC2)c1CO. The Bertz CT molecular complexity index is 2650. The van der Waals surface area contributed by atoms with Crippen molar-refractivity contribution in [3.05, 3.63) is 74.8 Å². The molecule has 4 unspecified atom stereocenters. The van der Waals surface area contributed by atoms with Crippen molar-refractivity contribution in [2.24, 2.45) is 17.8 Å². The third kappa shape index (κ3) is 12.6. The third-order valence-corrected chi connectivity index (χ3v) is 19.6. The Labute approximate surface area is 447 Å². The highest BCUT2D eigenvalue weighted by Gasteiger charge is 2.39. The van der Waals surface area contributed by atoms with E-state index in [-0.39, 0.29) is 12.7 Å². The largest absolute Gasteiger partial charge is 0.478 e. The third-order valence-electron chi connectivity index (χ3n) is 18.5. The number of thiazole rings is 1. The summed E-state index contributed by atoms with van der Waals surface area (Å²) in [6.07, 6.45) is 27.6. The molecule has 2 aliphatic heterocycles. The van der Waals surface area contributed by atoms with Gasteiger partial charge in [-0.15, -0.1) is 0 Å². The van der Waals surface area contributed by atoms with Crippen LogP contribution in [0.5, 0.6) is 0 Å². The van der Waals surface area contributed by atoms with E-state index in [1.807, 2.05) is 0 Å². The van der Waals surface area contributed by atoms with Crippen molar-refractivity contribution in [3.8, 4) is 0 Å². The number of piperidine rings is 2. The second-order valence-corrected chi connectivity index (χ2v) is 25.1. The summed E-state index contributed by atoms with van der Waals surface area (Å²) in [7, 11) is 0. The van der Waals surface area contributed by atoms with Crippen molar-refractivity contribution in [2.75, 3.05) is 31.1 Å². The average molecular weight is 1050 g/mol. The summed E-state index contributed by atoms with van der Waals surface area (Å²) in [6, 6.07) is 5.14. The van der Waals surface area contributed by atoms with Crippen LogP contribution >= 0.6 is 11.3 Å². The number of rotatable bonds is 15. The summed E-state index contributed by atoms with van der Waals surface area (Å²) >= 11 is 1.57. The predicted molar refractivity (Wildman–Crippen MR) is 290 cm³/mol. The second-order valence-electron chi connectivity index (χ2n) is 24.1. The molecule has 4 aromatic heterocycles. The van der Waals surface area contributed by atoms with Crippen LogP contribution in [0.1, 0.15) is 259 Å². The van der Waals surface area contributed by atoms with Crippen LogP contribution in [0.3, 0.4) is 0 Å². The van der Waals surface area contributed by atoms with E-state index in [9.17, 15) is 15.0 Å². The minimum Gasteiger partial charge on any atom is -0.478 e. The van der Waals surface area contributed by atoms with Crippen molar-refractivity contribution in [1.29, 1.82) is 0 Å². The number of benzene rings is 1. The fourth-order valence-corrected chi connectivity index (χ4v) is 14.3. The minimum absolute atomic E-state index is 0.0912. The summed E-state index contributed by atoms with van der Waals surface area (Å²) in [4.78, 5) is 18.3. The number of carboxylic acids is 1. The average Bonchev–Trinajstić information content (AvgIpc) is 4.42. The number of aromatic carboxylic acids is 1. The Morgan fingerprint density at radius 1 is 0.613 bits per heavy atom. The van der Waals surface area contributed by atoms with Gasteiger partial charge in [0, 0.05) is 65.3 Å². The normalized spacial score (nSPS) is 26.9. The van der Waals surface area contributed by atoms with Crippen LogP contribution in [0.2, 0.25) is 0 Å². The summed E-state index contributed by atoms with van der Waals surface area (Å²) in [6.45, 7) is 12.4. The van der Waals surface area contributed by atoms with Crippen LogP contribution in [-0.4, -0.2) is 75.0 Å². The van der Waals surface area contributed by atoms with E-state index in [2.05, 4.69) is 46.5 Å². The lowest BCUT2D eigenvalue weighted by Gasteiger charge is -2.32. The van der Waals surface area contributed by atoms with E-state index in [0.717, 1.165) is 102 Å². The molecular formula is C60H84N6O8S. The molecule has 0 spiro atoms. The van der Waals surface area contributed by atoms with Gasteiger partial charge in [-0.1, -0.05) is 105 Å². The molecule has 6 saturated carbocycles. The molecule has 14 nitrogen and oxygen atoms in total. The molecule has 1 aromatic carbocycles. The van der Waals surface area contributed by atoms with Crippen molar-refractivity contribution >= 4 is 32.7 Å². The van der Waals surface area contributed by atoms with Crippen LogP contribution in [0, 0.1) is 17.8 Å². The predicted octanol–water partition coefficient (Wildman–Crippen LogP) is 13.8. The van der Waals surface area contributed by atoms with Crippen molar-refractivity contribution in [2.45, 2.75) is 230 Å². The lowest BCUT2D eigenvalue weighted by molar-refractivity contribution is 0.0200. The monoisotopic (exact) mass is 1050 g/mol. The molecule has 0 amide bonds. The number of fused-ring (bicyclic) bond motifs is 1. The van der Waals surface area contributed by atoms with E-state index in [1.54, 1.807) is 29.5 Å².